The molecule has 0 radical (unpaired) electrons. The number of aliphatic hydroxyl groups excluding tert-OH is 1. The lowest BCUT2D eigenvalue weighted by atomic mass is 10.0. The molecule has 4 N–H and O–H groups in total. The van der Waals surface area contributed by atoms with Gasteiger partial charge in [-0.2, -0.15) is 0 Å². The lowest BCUT2D eigenvalue weighted by molar-refractivity contribution is 0.109. The number of urea groups is 1. The molecule has 1 rings (SSSR count). The molecule has 0 saturated heterocycles. The molecule has 0 aromatic heterocycles. The monoisotopic (exact) mass is 293 g/mol. The average molecular weight is 293 g/mol. The molecule has 0 fully saturated rings. The molecular formula is C16H27N3O2. The maximum absolute atomic E-state index is 11.8. The summed E-state index contributed by atoms with van der Waals surface area (Å²) in [6.07, 6.45) is 1.84. The Hall–Kier alpha value is -1.59. The minimum Gasteiger partial charge on any atom is -0.390 e. The highest BCUT2D eigenvalue weighted by atomic mass is 16.3. The minimum absolute atomic E-state index is 0.172. The summed E-state index contributed by atoms with van der Waals surface area (Å²) in [7, 11) is 1.67. The van der Waals surface area contributed by atoms with Crippen molar-refractivity contribution in [2.24, 2.45) is 5.73 Å². The highest BCUT2D eigenvalue weighted by molar-refractivity contribution is 5.73. The first-order valence-electron chi connectivity index (χ1n) is 7.51. The van der Waals surface area contributed by atoms with Gasteiger partial charge in [-0.05, 0) is 18.4 Å². The summed E-state index contributed by atoms with van der Waals surface area (Å²) < 4.78 is 0. The van der Waals surface area contributed by atoms with Crippen molar-refractivity contribution in [3.05, 3.63) is 35.9 Å². The van der Waals surface area contributed by atoms with Crippen LogP contribution in [0.1, 0.15) is 25.3 Å². The Kier molecular flexibility index (Phi) is 7.79. The van der Waals surface area contributed by atoms with E-state index in [4.69, 9.17) is 5.73 Å². The third-order valence-corrected chi connectivity index (χ3v) is 3.42. The van der Waals surface area contributed by atoms with Crippen molar-refractivity contribution in [3.8, 4) is 0 Å². The molecule has 5 nitrogen and oxygen atoms in total. The maximum atomic E-state index is 11.8. The summed E-state index contributed by atoms with van der Waals surface area (Å²) in [6, 6.07) is 9.23. The molecule has 2 atom stereocenters. The van der Waals surface area contributed by atoms with Gasteiger partial charge < -0.3 is 21.1 Å². The van der Waals surface area contributed by atoms with Gasteiger partial charge >= 0.3 is 6.03 Å². The van der Waals surface area contributed by atoms with E-state index in [9.17, 15) is 9.90 Å². The van der Waals surface area contributed by atoms with Crippen LogP contribution in [-0.4, -0.2) is 48.3 Å². The molecule has 0 aliphatic rings. The number of carbonyl (C=O) groups excluding carboxylic acids is 1. The number of nitrogens with two attached hydrogens (primary N) is 1. The van der Waals surface area contributed by atoms with Gasteiger partial charge in [-0.25, -0.2) is 4.79 Å². The predicted octanol–water partition coefficient (Wildman–Crippen LogP) is 1.36. The van der Waals surface area contributed by atoms with Crippen LogP contribution < -0.4 is 11.1 Å². The van der Waals surface area contributed by atoms with E-state index >= 15 is 0 Å². The summed E-state index contributed by atoms with van der Waals surface area (Å²) in [4.78, 5) is 13.3. The molecule has 0 aliphatic heterocycles. The molecule has 0 aliphatic carbocycles. The second-order valence-corrected chi connectivity index (χ2v) is 5.39. The standard InChI is InChI=1S/C16H27N3O2/c1-3-4-10-18-16(21)19(2)12-15(20)14(17)11-13-8-6-5-7-9-13/h5-9,14-15,20H,3-4,10-12,17H2,1-2H3,(H,18,21)/t14-,15-/m0/s1. The molecule has 2 amide bonds. The van der Waals surface area contributed by atoms with Gasteiger partial charge in [0.1, 0.15) is 0 Å². The van der Waals surface area contributed by atoms with Gasteiger partial charge in [-0.15, -0.1) is 0 Å². The van der Waals surface area contributed by atoms with Crippen molar-refractivity contribution in [1.82, 2.24) is 10.2 Å². The van der Waals surface area contributed by atoms with Crippen molar-refractivity contribution in [3.63, 3.8) is 0 Å². The van der Waals surface area contributed by atoms with Gasteiger partial charge in [0.15, 0.2) is 0 Å². The van der Waals surface area contributed by atoms with E-state index < -0.39 is 12.1 Å². The molecule has 0 unspecified atom stereocenters. The molecule has 21 heavy (non-hydrogen) atoms. The lowest BCUT2D eigenvalue weighted by Gasteiger charge is -2.25. The Bertz CT molecular complexity index is 411. The largest absolute Gasteiger partial charge is 0.390 e. The van der Waals surface area contributed by atoms with Gasteiger partial charge in [-0.3, -0.25) is 0 Å². The van der Waals surface area contributed by atoms with Crippen LogP contribution in [0.4, 0.5) is 4.79 Å². The number of rotatable bonds is 8. The van der Waals surface area contributed by atoms with Crippen LogP contribution >= 0.6 is 0 Å². The number of hydrogen-bond donors (Lipinski definition) is 3. The van der Waals surface area contributed by atoms with Gasteiger partial charge in [0, 0.05) is 26.2 Å². The number of amides is 2. The van der Waals surface area contributed by atoms with Crippen LogP contribution in [0.5, 0.6) is 0 Å². The second-order valence-electron chi connectivity index (χ2n) is 5.39. The highest BCUT2D eigenvalue weighted by Crippen LogP contribution is 2.05. The topological polar surface area (TPSA) is 78.6 Å². The second kappa shape index (κ2) is 9.37. The molecule has 0 saturated carbocycles. The summed E-state index contributed by atoms with van der Waals surface area (Å²) in [5.41, 5.74) is 7.09. The fourth-order valence-electron chi connectivity index (χ4n) is 2.03. The van der Waals surface area contributed by atoms with Crippen molar-refractivity contribution < 1.29 is 9.90 Å². The van der Waals surface area contributed by atoms with E-state index in [0.717, 1.165) is 18.4 Å². The Morgan fingerprint density at radius 2 is 2.05 bits per heavy atom. The number of hydrogen-bond acceptors (Lipinski definition) is 3. The van der Waals surface area contributed by atoms with Gasteiger partial charge in [0.25, 0.3) is 0 Å². The predicted molar refractivity (Wildman–Crippen MR) is 85.1 cm³/mol. The van der Waals surface area contributed by atoms with Crippen LogP contribution in [0.2, 0.25) is 0 Å². The number of unbranched alkanes of at least 4 members (excludes halogenated alkanes) is 1. The Morgan fingerprint density at radius 1 is 1.38 bits per heavy atom. The molecular weight excluding hydrogens is 266 g/mol. The number of likely N-dealkylation sites (N-methyl/N-ethyl adjacent to an activating group) is 1. The quantitative estimate of drug-likeness (QED) is 0.633. The van der Waals surface area contributed by atoms with E-state index in [-0.39, 0.29) is 12.6 Å². The van der Waals surface area contributed by atoms with Gasteiger partial charge in [0.05, 0.1) is 6.10 Å². The molecule has 5 heteroatoms. The number of nitrogens with zero attached hydrogens (tertiary/aromatic N) is 1. The van der Waals surface area contributed by atoms with E-state index in [1.807, 2.05) is 30.3 Å². The molecule has 0 heterocycles. The first-order valence-corrected chi connectivity index (χ1v) is 7.51. The zero-order chi connectivity index (χ0) is 15.7. The average Bonchev–Trinajstić information content (AvgIpc) is 2.48. The number of carbonyl (C=O) groups is 1. The Morgan fingerprint density at radius 3 is 2.67 bits per heavy atom. The summed E-state index contributed by atoms with van der Waals surface area (Å²) in [5.74, 6) is 0. The number of benzene rings is 1. The fourth-order valence-corrected chi connectivity index (χ4v) is 2.03. The SMILES string of the molecule is CCCCNC(=O)N(C)C[C@H](O)[C@@H](N)Cc1ccccc1. The lowest BCUT2D eigenvalue weighted by Crippen LogP contribution is -2.47. The molecule has 1 aromatic rings. The molecule has 1 aromatic carbocycles. The molecule has 118 valence electrons. The van der Waals surface area contributed by atoms with Gasteiger partial charge in [-0.1, -0.05) is 43.7 Å². The van der Waals surface area contributed by atoms with Crippen LogP contribution in [0, 0.1) is 0 Å². The fraction of sp³-hybridized carbons (Fsp3) is 0.562. The number of nitrogens with one attached hydrogen (secondary N) is 1. The van der Waals surface area contributed by atoms with Crippen LogP contribution in [0.25, 0.3) is 0 Å². The maximum Gasteiger partial charge on any atom is 0.317 e. The van der Waals surface area contributed by atoms with E-state index in [1.165, 1.54) is 4.90 Å². The van der Waals surface area contributed by atoms with Crippen molar-refractivity contribution >= 4 is 6.03 Å². The van der Waals surface area contributed by atoms with Crippen LogP contribution in [0.15, 0.2) is 30.3 Å². The minimum atomic E-state index is -0.743. The van der Waals surface area contributed by atoms with E-state index in [1.54, 1.807) is 7.05 Å². The van der Waals surface area contributed by atoms with Crippen LogP contribution in [0.3, 0.4) is 0 Å². The van der Waals surface area contributed by atoms with E-state index in [2.05, 4.69) is 12.2 Å². The zero-order valence-electron chi connectivity index (χ0n) is 13.0. The highest BCUT2D eigenvalue weighted by Gasteiger charge is 2.19. The van der Waals surface area contributed by atoms with Gasteiger partial charge in [0.2, 0.25) is 0 Å². The molecule has 0 bridgehead atoms. The van der Waals surface area contributed by atoms with Crippen LogP contribution in [-0.2, 0) is 6.42 Å². The first kappa shape index (κ1) is 17.5. The smallest absolute Gasteiger partial charge is 0.317 e. The summed E-state index contributed by atoms with van der Waals surface area (Å²) in [5, 5.41) is 12.9. The first-order chi connectivity index (χ1) is 10.0. The van der Waals surface area contributed by atoms with Crippen molar-refractivity contribution in [2.75, 3.05) is 20.1 Å². The summed E-state index contributed by atoms with van der Waals surface area (Å²) in [6.45, 7) is 2.96. The zero-order valence-corrected chi connectivity index (χ0v) is 13.0. The normalized spacial score (nSPS) is 13.5. The Labute approximate surface area is 127 Å². The molecule has 0 spiro atoms. The third-order valence-electron chi connectivity index (χ3n) is 3.42. The number of aliphatic hydroxyl groups is 1. The van der Waals surface area contributed by atoms with Crippen molar-refractivity contribution in [2.45, 2.75) is 38.3 Å². The third kappa shape index (κ3) is 6.60. The van der Waals surface area contributed by atoms with Crippen molar-refractivity contribution in [1.29, 1.82) is 0 Å². The van der Waals surface area contributed by atoms with E-state index in [0.29, 0.717) is 13.0 Å². The Balaban J connectivity index is 2.37. The summed E-state index contributed by atoms with van der Waals surface area (Å²) >= 11 is 0.